The van der Waals surface area contributed by atoms with Gasteiger partial charge in [0.1, 0.15) is 5.82 Å². The number of nitrogens with one attached hydrogen (secondary N) is 1. The number of carbonyl (C=O) groups is 1. The van der Waals surface area contributed by atoms with Crippen LogP contribution < -0.4 is 5.32 Å². The lowest BCUT2D eigenvalue weighted by Crippen LogP contribution is -2.09. The average molecular weight is 244 g/mol. The summed E-state index contributed by atoms with van der Waals surface area (Å²) in [7, 11) is 1.29. The Morgan fingerprint density at radius 3 is 2.78 bits per heavy atom. The second-order valence-electron chi connectivity index (χ2n) is 3.47. The molecule has 0 saturated carbocycles. The number of methoxy groups -OCH3 is 1. The fourth-order valence-corrected chi connectivity index (χ4v) is 1.34. The Hall–Kier alpha value is -2.50. The van der Waals surface area contributed by atoms with Crippen molar-refractivity contribution in [3.05, 3.63) is 48.2 Å². The van der Waals surface area contributed by atoms with Crippen LogP contribution in [0.25, 0.3) is 0 Å². The second kappa shape index (κ2) is 5.72. The summed E-state index contributed by atoms with van der Waals surface area (Å²) < 4.78 is 4.55. The quantitative estimate of drug-likeness (QED) is 0.816. The number of hydrogen-bond donors (Lipinski definition) is 1. The zero-order valence-electron chi connectivity index (χ0n) is 9.83. The zero-order chi connectivity index (χ0) is 12.8. The smallest absolute Gasteiger partial charge is 0.376 e. The van der Waals surface area contributed by atoms with Gasteiger partial charge in [-0.1, -0.05) is 0 Å². The van der Waals surface area contributed by atoms with Crippen molar-refractivity contribution in [3.8, 4) is 0 Å². The van der Waals surface area contributed by atoms with Gasteiger partial charge in [-0.15, -0.1) is 0 Å². The van der Waals surface area contributed by atoms with Crippen LogP contribution in [0.2, 0.25) is 0 Å². The predicted molar refractivity (Wildman–Crippen MR) is 64.9 cm³/mol. The first kappa shape index (κ1) is 12.0. The number of rotatable bonds is 4. The van der Waals surface area contributed by atoms with Crippen LogP contribution in [-0.2, 0) is 11.3 Å². The molecule has 0 radical (unpaired) electrons. The van der Waals surface area contributed by atoms with E-state index in [1.165, 1.54) is 13.3 Å². The maximum Gasteiger partial charge on any atom is 0.376 e. The van der Waals surface area contributed by atoms with E-state index in [-0.39, 0.29) is 5.82 Å². The van der Waals surface area contributed by atoms with Crippen molar-refractivity contribution in [2.24, 2.45) is 0 Å². The number of ether oxygens (including phenoxy) is 1. The summed E-state index contributed by atoms with van der Waals surface area (Å²) in [5.74, 6) is 0.0574. The standard InChI is InChI=1S/C12H12N4O2/c1-18-12(17)11-14-7-4-10(16-11)15-8-9-2-5-13-6-3-9/h2-7H,8H2,1H3,(H,14,15,16). The molecule has 0 saturated heterocycles. The summed E-state index contributed by atoms with van der Waals surface area (Å²) in [5, 5.41) is 3.09. The van der Waals surface area contributed by atoms with Gasteiger partial charge in [0.2, 0.25) is 5.82 Å². The summed E-state index contributed by atoms with van der Waals surface area (Å²) in [6.45, 7) is 0.597. The molecule has 1 N–H and O–H groups in total. The average Bonchev–Trinajstić information content (AvgIpc) is 2.45. The first-order valence-corrected chi connectivity index (χ1v) is 5.34. The first-order chi connectivity index (χ1) is 8.79. The fraction of sp³-hybridized carbons (Fsp3) is 0.167. The second-order valence-corrected chi connectivity index (χ2v) is 3.47. The Morgan fingerprint density at radius 1 is 1.28 bits per heavy atom. The number of pyridine rings is 1. The summed E-state index contributed by atoms with van der Waals surface area (Å²) in [5.41, 5.74) is 1.07. The van der Waals surface area contributed by atoms with Crippen LogP contribution in [0.5, 0.6) is 0 Å². The third-order valence-electron chi connectivity index (χ3n) is 2.25. The van der Waals surface area contributed by atoms with Crippen LogP contribution >= 0.6 is 0 Å². The molecular formula is C12H12N4O2. The van der Waals surface area contributed by atoms with Gasteiger partial charge in [0.05, 0.1) is 7.11 Å². The summed E-state index contributed by atoms with van der Waals surface area (Å²) in [4.78, 5) is 23.1. The minimum atomic E-state index is -0.553. The molecular weight excluding hydrogens is 232 g/mol. The SMILES string of the molecule is COC(=O)c1nccc(NCc2ccncc2)n1. The Labute approximate surface area is 104 Å². The van der Waals surface area contributed by atoms with Gasteiger partial charge in [0.15, 0.2) is 0 Å². The molecule has 0 aliphatic rings. The Morgan fingerprint density at radius 2 is 2.06 bits per heavy atom. The normalized spacial score (nSPS) is 9.83. The Kier molecular flexibility index (Phi) is 3.80. The van der Waals surface area contributed by atoms with Crippen molar-refractivity contribution in [1.82, 2.24) is 15.0 Å². The van der Waals surface area contributed by atoms with Crippen molar-refractivity contribution in [3.63, 3.8) is 0 Å². The van der Waals surface area contributed by atoms with Gasteiger partial charge in [-0.2, -0.15) is 0 Å². The van der Waals surface area contributed by atoms with Gasteiger partial charge in [-0.05, 0) is 23.8 Å². The fourth-order valence-electron chi connectivity index (χ4n) is 1.34. The number of anilines is 1. The molecule has 0 unspecified atom stereocenters. The van der Waals surface area contributed by atoms with Gasteiger partial charge in [-0.25, -0.2) is 14.8 Å². The van der Waals surface area contributed by atoms with Crippen molar-refractivity contribution < 1.29 is 9.53 Å². The molecule has 0 amide bonds. The molecule has 0 spiro atoms. The molecule has 2 aromatic rings. The number of aromatic nitrogens is 3. The number of esters is 1. The molecule has 0 aliphatic carbocycles. The zero-order valence-corrected chi connectivity index (χ0v) is 9.83. The first-order valence-electron chi connectivity index (χ1n) is 5.34. The third-order valence-corrected chi connectivity index (χ3v) is 2.25. The van der Waals surface area contributed by atoms with Crippen LogP contribution in [0, 0.1) is 0 Å². The maximum absolute atomic E-state index is 11.3. The van der Waals surface area contributed by atoms with E-state index in [0.29, 0.717) is 12.4 Å². The maximum atomic E-state index is 11.3. The molecule has 0 atom stereocenters. The number of nitrogens with zero attached hydrogens (tertiary/aromatic N) is 3. The summed E-state index contributed by atoms with van der Waals surface area (Å²) in [6.07, 6.45) is 4.95. The van der Waals surface area contributed by atoms with Gasteiger partial charge in [0.25, 0.3) is 0 Å². The lowest BCUT2D eigenvalue weighted by atomic mass is 10.3. The Balaban J connectivity index is 2.04. The number of hydrogen-bond acceptors (Lipinski definition) is 6. The minimum absolute atomic E-state index is 0.0391. The highest BCUT2D eigenvalue weighted by molar-refractivity contribution is 5.85. The van der Waals surface area contributed by atoms with Gasteiger partial charge in [0, 0.05) is 25.1 Å². The molecule has 92 valence electrons. The molecule has 6 heteroatoms. The highest BCUT2D eigenvalue weighted by Gasteiger charge is 2.09. The van der Waals surface area contributed by atoms with Crippen molar-refractivity contribution in [2.45, 2.75) is 6.54 Å². The van der Waals surface area contributed by atoms with E-state index in [9.17, 15) is 4.79 Å². The van der Waals surface area contributed by atoms with E-state index in [4.69, 9.17) is 0 Å². The molecule has 0 bridgehead atoms. The van der Waals surface area contributed by atoms with Gasteiger partial charge >= 0.3 is 5.97 Å². The molecule has 2 aromatic heterocycles. The van der Waals surface area contributed by atoms with Gasteiger partial charge < -0.3 is 10.1 Å². The van der Waals surface area contributed by atoms with E-state index in [1.807, 2.05) is 12.1 Å². The third kappa shape index (κ3) is 3.00. The molecule has 0 aliphatic heterocycles. The molecule has 6 nitrogen and oxygen atoms in total. The van der Waals surface area contributed by atoms with E-state index in [2.05, 4.69) is 25.0 Å². The van der Waals surface area contributed by atoms with Gasteiger partial charge in [-0.3, -0.25) is 4.98 Å². The molecule has 18 heavy (non-hydrogen) atoms. The minimum Gasteiger partial charge on any atom is -0.463 e. The van der Waals surface area contributed by atoms with Crippen LogP contribution in [0.4, 0.5) is 5.82 Å². The molecule has 2 rings (SSSR count). The molecule has 0 aromatic carbocycles. The van der Waals surface area contributed by atoms with Crippen molar-refractivity contribution in [1.29, 1.82) is 0 Å². The lowest BCUT2D eigenvalue weighted by Gasteiger charge is -2.06. The topological polar surface area (TPSA) is 77.0 Å². The van der Waals surface area contributed by atoms with Crippen LogP contribution in [0.15, 0.2) is 36.8 Å². The van der Waals surface area contributed by atoms with E-state index in [1.54, 1.807) is 18.5 Å². The number of carbonyl (C=O) groups excluding carboxylic acids is 1. The van der Waals surface area contributed by atoms with E-state index >= 15 is 0 Å². The molecule has 0 fully saturated rings. The van der Waals surface area contributed by atoms with Crippen LogP contribution in [0.3, 0.4) is 0 Å². The van der Waals surface area contributed by atoms with E-state index < -0.39 is 5.97 Å². The van der Waals surface area contributed by atoms with Crippen LogP contribution in [-0.4, -0.2) is 28.0 Å². The highest BCUT2D eigenvalue weighted by atomic mass is 16.5. The van der Waals surface area contributed by atoms with E-state index in [0.717, 1.165) is 5.56 Å². The summed E-state index contributed by atoms with van der Waals surface area (Å²) in [6, 6.07) is 5.48. The Bertz CT molecular complexity index is 531. The van der Waals surface area contributed by atoms with Crippen molar-refractivity contribution in [2.75, 3.05) is 12.4 Å². The predicted octanol–water partition coefficient (Wildman–Crippen LogP) is 1.27. The van der Waals surface area contributed by atoms with Crippen molar-refractivity contribution >= 4 is 11.8 Å². The lowest BCUT2D eigenvalue weighted by molar-refractivity contribution is 0.0587. The monoisotopic (exact) mass is 244 g/mol. The largest absolute Gasteiger partial charge is 0.463 e. The molecule has 2 heterocycles. The highest BCUT2D eigenvalue weighted by Crippen LogP contribution is 2.05. The summed E-state index contributed by atoms with van der Waals surface area (Å²) >= 11 is 0. The van der Waals surface area contributed by atoms with Crippen LogP contribution in [0.1, 0.15) is 16.2 Å².